The van der Waals surface area contributed by atoms with Crippen molar-refractivity contribution in [3.63, 3.8) is 0 Å². The Morgan fingerprint density at radius 3 is 2.32 bits per heavy atom. The Labute approximate surface area is 199 Å². The molecule has 1 heterocycles. The molecule has 1 atom stereocenters. The molecule has 164 valence electrons. The normalized spacial score (nSPS) is 16.4. The van der Waals surface area contributed by atoms with E-state index in [1.807, 2.05) is 67.8 Å². The standard InChI is InChI=1S/C18H20N3O3S.C5H5.Fe/c1-22-15-8-12(9-16(23-2)17(15)24-3)13-10-14(11-6-4-5-7-11)21(20-13)18(19)25;1-2-4-5-3-1;/h4-9,14H,10H2,1-3H3,(H2,19,25);1-5H;/q2*-1;+2. The Morgan fingerprint density at radius 2 is 1.90 bits per heavy atom. The second-order valence-electron chi connectivity index (χ2n) is 6.54. The molecule has 31 heavy (non-hydrogen) atoms. The molecule has 1 aliphatic heterocycles. The van der Waals surface area contributed by atoms with E-state index < -0.39 is 0 Å². The molecule has 2 aromatic rings. The van der Waals surface area contributed by atoms with Crippen LogP contribution in [0.5, 0.6) is 17.2 Å². The number of benzene rings is 1. The topological polar surface area (TPSA) is 69.3 Å². The summed E-state index contributed by atoms with van der Waals surface area (Å²) < 4.78 is 16.2. The van der Waals surface area contributed by atoms with Crippen molar-refractivity contribution in [1.29, 1.82) is 0 Å². The van der Waals surface area contributed by atoms with Crippen LogP contribution in [0.25, 0.3) is 0 Å². The predicted molar refractivity (Wildman–Crippen MR) is 123 cm³/mol. The molecule has 0 aromatic heterocycles. The molecule has 2 radical (unpaired) electrons. The molecule has 2 aromatic carbocycles. The van der Waals surface area contributed by atoms with Crippen LogP contribution in [0.15, 0.2) is 53.7 Å². The van der Waals surface area contributed by atoms with Crippen molar-refractivity contribution in [2.45, 2.75) is 12.5 Å². The molecular weight excluding hydrogens is 454 g/mol. The number of allylic oxidation sites excluding steroid dienone is 2. The van der Waals surface area contributed by atoms with Gasteiger partial charge in [-0.25, -0.2) is 35.7 Å². The van der Waals surface area contributed by atoms with E-state index in [2.05, 4.69) is 5.10 Å². The van der Waals surface area contributed by atoms with Crippen molar-refractivity contribution in [3.8, 4) is 17.2 Å². The molecule has 0 bridgehead atoms. The first kappa shape index (κ1) is 24.7. The zero-order valence-electron chi connectivity index (χ0n) is 17.6. The summed E-state index contributed by atoms with van der Waals surface area (Å²) in [5.74, 6) is 1.71. The Morgan fingerprint density at radius 1 is 1.19 bits per heavy atom. The summed E-state index contributed by atoms with van der Waals surface area (Å²) in [6, 6.07) is 11.8. The molecule has 6 nitrogen and oxygen atoms in total. The average Bonchev–Trinajstić information content (AvgIpc) is 3.54. The quantitative estimate of drug-likeness (QED) is 0.398. The van der Waals surface area contributed by atoms with Gasteiger partial charge in [-0.1, -0.05) is 0 Å². The van der Waals surface area contributed by atoms with Gasteiger partial charge in [0.15, 0.2) is 16.6 Å². The van der Waals surface area contributed by atoms with Crippen LogP contribution in [0.4, 0.5) is 0 Å². The largest absolute Gasteiger partial charge is 2.00 e. The first-order chi connectivity index (χ1) is 14.6. The summed E-state index contributed by atoms with van der Waals surface area (Å²) in [6.45, 7) is 0. The van der Waals surface area contributed by atoms with Crippen LogP contribution in [-0.4, -0.2) is 37.2 Å². The summed E-state index contributed by atoms with van der Waals surface area (Å²) in [5, 5.41) is 6.56. The van der Waals surface area contributed by atoms with Crippen LogP contribution in [0.3, 0.4) is 0 Å². The Hall–Kier alpha value is -2.54. The van der Waals surface area contributed by atoms with E-state index in [1.54, 1.807) is 26.3 Å². The maximum Gasteiger partial charge on any atom is 2.00 e. The van der Waals surface area contributed by atoms with Crippen molar-refractivity contribution >= 4 is 23.0 Å². The third-order valence-electron chi connectivity index (χ3n) is 4.76. The van der Waals surface area contributed by atoms with E-state index >= 15 is 0 Å². The maximum absolute atomic E-state index is 5.87. The molecule has 4 rings (SSSR count). The predicted octanol–water partition coefficient (Wildman–Crippen LogP) is 3.99. The molecule has 1 aliphatic carbocycles. The number of hydrazone groups is 1. The van der Waals surface area contributed by atoms with Crippen LogP contribution >= 0.6 is 12.2 Å². The van der Waals surface area contributed by atoms with Crippen molar-refractivity contribution in [1.82, 2.24) is 5.01 Å². The monoisotopic (exact) mass is 479 g/mol. The van der Waals surface area contributed by atoms with Crippen molar-refractivity contribution < 1.29 is 31.3 Å². The van der Waals surface area contributed by atoms with Crippen LogP contribution in [0.2, 0.25) is 0 Å². The Bertz CT molecular complexity index is 897. The smallest absolute Gasteiger partial charge is 0.493 e. The molecule has 0 amide bonds. The van der Waals surface area contributed by atoms with E-state index in [1.165, 1.54) is 0 Å². The number of nitrogens with zero attached hydrogens (tertiary/aromatic N) is 2. The number of nitrogens with two attached hydrogens (primary N) is 1. The van der Waals surface area contributed by atoms with Crippen LogP contribution in [-0.2, 0) is 17.1 Å². The van der Waals surface area contributed by atoms with Gasteiger partial charge in [0.1, 0.15) is 0 Å². The second kappa shape index (κ2) is 11.7. The van der Waals surface area contributed by atoms with Gasteiger partial charge in [0.25, 0.3) is 0 Å². The molecule has 0 saturated carbocycles. The summed E-state index contributed by atoms with van der Waals surface area (Å²) >= 11 is 5.17. The number of ether oxygens (including phenoxy) is 3. The molecule has 2 aliphatic rings. The van der Waals surface area contributed by atoms with E-state index in [4.69, 9.17) is 32.2 Å². The third kappa shape index (κ3) is 5.79. The fourth-order valence-electron chi connectivity index (χ4n) is 3.33. The van der Waals surface area contributed by atoms with Crippen LogP contribution < -0.4 is 19.9 Å². The van der Waals surface area contributed by atoms with Gasteiger partial charge >= 0.3 is 17.1 Å². The zero-order chi connectivity index (χ0) is 21.5. The van der Waals surface area contributed by atoms with Gasteiger partial charge in [-0.15, -0.1) is 18.4 Å². The summed E-state index contributed by atoms with van der Waals surface area (Å²) in [7, 11) is 4.75. The number of thiocarbonyl (C=S) groups is 1. The molecule has 1 unspecified atom stereocenters. The van der Waals surface area contributed by atoms with Crippen molar-refractivity contribution in [2.75, 3.05) is 21.3 Å². The summed E-state index contributed by atoms with van der Waals surface area (Å²) in [6.07, 6.45) is 10.7. The van der Waals surface area contributed by atoms with Crippen LogP contribution in [0, 0.1) is 19.3 Å². The second-order valence-corrected chi connectivity index (χ2v) is 6.96. The number of methoxy groups -OCH3 is 3. The van der Waals surface area contributed by atoms with Gasteiger partial charge in [0, 0.05) is 12.0 Å². The van der Waals surface area contributed by atoms with Crippen LogP contribution in [0.1, 0.15) is 23.6 Å². The fourth-order valence-corrected chi connectivity index (χ4v) is 3.50. The molecular formula is C23H25FeN3O3S. The summed E-state index contributed by atoms with van der Waals surface area (Å²) in [5.41, 5.74) is 8.74. The third-order valence-corrected chi connectivity index (χ3v) is 4.95. The van der Waals surface area contributed by atoms with Gasteiger partial charge in [0.05, 0.1) is 33.1 Å². The molecule has 0 saturated heterocycles. The van der Waals surface area contributed by atoms with E-state index in [0.29, 0.717) is 23.7 Å². The minimum atomic E-state index is -0.0124. The van der Waals surface area contributed by atoms with Gasteiger partial charge < -0.3 is 19.9 Å². The molecule has 0 fully saturated rings. The van der Waals surface area contributed by atoms with Crippen molar-refractivity contribution in [3.05, 3.63) is 78.9 Å². The SMILES string of the molecule is COc1cc(C2=NN(C(N)=S)C(c3ccc[cH-]3)C2)cc(OC)c1OC.[CH]1[CH][CH-]C=C1.[Fe+2]. The number of hydrogen-bond acceptors (Lipinski definition) is 5. The zero-order valence-corrected chi connectivity index (χ0v) is 19.5. The minimum Gasteiger partial charge on any atom is -0.493 e. The minimum absolute atomic E-state index is 0. The first-order valence-electron chi connectivity index (χ1n) is 9.43. The van der Waals surface area contributed by atoms with Gasteiger partial charge in [-0.05, 0) is 24.4 Å². The fraction of sp³-hybridized carbons (Fsp3) is 0.217. The maximum atomic E-state index is 5.87. The Balaban J connectivity index is 0.000000501. The molecule has 8 heteroatoms. The van der Waals surface area contributed by atoms with E-state index in [0.717, 1.165) is 16.8 Å². The van der Waals surface area contributed by atoms with Gasteiger partial charge in [-0.2, -0.15) is 17.2 Å². The summed E-state index contributed by atoms with van der Waals surface area (Å²) in [4.78, 5) is 0. The first-order valence-corrected chi connectivity index (χ1v) is 9.84. The van der Waals surface area contributed by atoms with Gasteiger partial charge in [-0.3, -0.25) is 0 Å². The van der Waals surface area contributed by atoms with Crippen molar-refractivity contribution in [2.24, 2.45) is 10.8 Å². The number of rotatable bonds is 5. The Kier molecular flexibility index (Phi) is 9.37. The van der Waals surface area contributed by atoms with E-state index in [-0.39, 0.29) is 28.2 Å². The van der Waals surface area contributed by atoms with Gasteiger partial charge in [0.2, 0.25) is 5.75 Å². The number of hydrogen-bond donors (Lipinski definition) is 1. The molecule has 2 N–H and O–H groups in total. The molecule has 0 spiro atoms. The van der Waals surface area contributed by atoms with E-state index in [9.17, 15) is 0 Å². The average molecular weight is 479 g/mol.